The molecular formula is C12H7ClFN3OS. The molecule has 0 fully saturated rings. The molecule has 2 rings (SSSR count). The summed E-state index contributed by atoms with van der Waals surface area (Å²) in [4.78, 5) is 18.3. The fourth-order valence-corrected chi connectivity index (χ4v) is 2.08. The van der Waals surface area contributed by atoms with Crippen LogP contribution in [0.25, 0.3) is 11.3 Å². The van der Waals surface area contributed by atoms with E-state index in [0.717, 1.165) is 0 Å². The maximum absolute atomic E-state index is 13.8. The maximum Gasteiger partial charge on any atom is 0.270 e. The first-order valence-electron chi connectivity index (χ1n) is 5.10. The molecule has 0 unspecified atom stereocenters. The molecule has 2 aromatic rings. The highest BCUT2D eigenvalue weighted by molar-refractivity contribution is 7.98. The van der Waals surface area contributed by atoms with E-state index >= 15 is 0 Å². The number of aromatic amines is 1. The van der Waals surface area contributed by atoms with Gasteiger partial charge >= 0.3 is 0 Å². The predicted octanol–water partition coefficient (Wildman–Crippen LogP) is 2.82. The van der Waals surface area contributed by atoms with Crippen LogP contribution in [-0.2, 0) is 0 Å². The van der Waals surface area contributed by atoms with Gasteiger partial charge < -0.3 is 4.98 Å². The van der Waals surface area contributed by atoms with Gasteiger partial charge in [-0.15, -0.1) is 0 Å². The Labute approximate surface area is 117 Å². The van der Waals surface area contributed by atoms with Gasteiger partial charge in [-0.05, 0) is 24.5 Å². The van der Waals surface area contributed by atoms with Gasteiger partial charge in [0.25, 0.3) is 5.56 Å². The molecule has 0 aliphatic carbocycles. The van der Waals surface area contributed by atoms with Crippen LogP contribution in [0.15, 0.2) is 28.2 Å². The number of nitrogens with one attached hydrogen (secondary N) is 1. The zero-order chi connectivity index (χ0) is 14.0. The number of nitriles is 1. The summed E-state index contributed by atoms with van der Waals surface area (Å²) in [5.41, 5.74) is -0.809. The predicted molar refractivity (Wildman–Crippen MR) is 71.8 cm³/mol. The van der Waals surface area contributed by atoms with E-state index in [0.29, 0.717) is 10.2 Å². The number of thioether (sulfide) groups is 1. The molecular weight excluding hydrogens is 289 g/mol. The molecule has 0 aliphatic rings. The molecule has 1 aromatic carbocycles. The number of hydrogen-bond donors (Lipinski definition) is 1. The van der Waals surface area contributed by atoms with Gasteiger partial charge in [0.05, 0.1) is 5.69 Å². The fraction of sp³-hybridized carbons (Fsp3) is 0.0833. The topological polar surface area (TPSA) is 69.5 Å². The summed E-state index contributed by atoms with van der Waals surface area (Å²) in [7, 11) is 0. The molecule has 1 aromatic heterocycles. The first-order chi connectivity index (χ1) is 9.06. The van der Waals surface area contributed by atoms with E-state index in [-0.39, 0.29) is 16.8 Å². The van der Waals surface area contributed by atoms with Crippen LogP contribution in [0.2, 0.25) is 5.02 Å². The molecule has 0 saturated carbocycles. The van der Waals surface area contributed by atoms with Crippen molar-refractivity contribution in [1.82, 2.24) is 9.97 Å². The Hall–Kier alpha value is -1.84. The van der Waals surface area contributed by atoms with Gasteiger partial charge in [0.1, 0.15) is 17.4 Å². The molecule has 7 heteroatoms. The second-order valence-corrected chi connectivity index (χ2v) is 4.77. The van der Waals surface area contributed by atoms with Gasteiger partial charge in [-0.3, -0.25) is 4.79 Å². The van der Waals surface area contributed by atoms with Gasteiger partial charge in [-0.25, -0.2) is 9.37 Å². The third-order valence-electron chi connectivity index (χ3n) is 2.39. The monoisotopic (exact) mass is 295 g/mol. The van der Waals surface area contributed by atoms with Crippen LogP contribution < -0.4 is 5.56 Å². The zero-order valence-electron chi connectivity index (χ0n) is 9.70. The van der Waals surface area contributed by atoms with Crippen LogP contribution in [0.4, 0.5) is 4.39 Å². The maximum atomic E-state index is 13.8. The summed E-state index contributed by atoms with van der Waals surface area (Å²) < 4.78 is 13.8. The first-order valence-corrected chi connectivity index (χ1v) is 6.71. The van der Waals surface area contributed by atoms with E-state index in [1.54, 1.807) is 12.3 Å². The number of rotatable bonds is 2. The summed E-state index contributed by atoms with van der Waals surface area (Å²) in [5, 5.41) is 9.62. The van der Waals surface area contributed by atoms with Crippen molar-refractivity contribution in [3.05, 3.63) is 45.0 Å². The molecule has 96 valence electrons. The highest BCUT2D eigenvalue weighted by atomic mass is 35.5. The van der Waals surface area contributed by atoms with Crippen LogP contribution in [0, 0.1) is 17.1 Å². The van der Waals surface area contributed by atoms with E-state index < -0.39 is 11.4 Å². The van der Waals surface area contributed by atoms with Crippen LogP contribution in [0.3, 0.4) is 0 Å². The number of aromatic nitrogens is 2. The Morgan fingerprint density at radius 3 is 2.89 bits per heavy atom. The second-order valence-electron chi connectivity index (χ2n) is 3.53. The van der Waals surface area contributed by atoms with Gasteiger partial charge in [-0.1, -0.05) is 23.4 Å². The van der Waals surface area contributed by atoms with Gasteiger partial charge in [-0.2, -0.15) is 5.26 Å². The number of H-pyrrole nitrogens is 1. The van der Waals surface area contributed by atoms with Gasteiger partial charge in [0, 0.05) is 10.6 Å². The second kappa shape index (κ2) is 5.43. The molecule has 0 aliphatic heterocycles. The van der Waals surface area contributed by atoms with Crippen LogP contribution in [0.5, 0.6) is 0 Å². The Morgan fingerprint density at radius 1 is 1.53 bits per heavy atom. The Morgan fingerprint density at radius 2 is 2.26 bits per heavy atom. The first kappa shape index (κ1) is 13.6. The summed E-state index contributed by atoms with van der Waals surface area (Å²) in [6.07, 6.45) is 1.71. The van der Waals surface area contributed by atoms with Crippen LogP contribution in [0.1, 0.15) is 5.56 Å². The lowest BCUT2D eigenvalue weighted by molar-refractivity contribution is 0.630. The molecule has 19 heavy (non-hydrogen) atoms. The third kappa shape index (κ3) is 2.62. The lowest BCUT2D eigenvalue weighted by atomic mass is 10.1. The number of nitrogens with zero attached hydrogens (tertiary/aromatic N) is 2. The minimum absolute atomic E-state index is 0.00407. The molecule has 0 atom stereocenters. The summed E-state index contributed by atoms with van der Waals surface area (Å²) in [6, 6.07) is 5.62. The van der Waals surface area contributed by atoms with E-state index in [1.165, 1.54) is 30.0 Å². The largest absolute Gasteiger partial charge is 0.300 e. The summed E-state index contributed by atoms with van der Waals surface area (Å²) in [5.74, 6) is -0.592. The van der Waals surface area contributed by atoms with E-state index in [4.69, 9.17) is 16.9 Å². The highest BCUT2D eigenvalue weighted by Crippen LogP contribution is 2.26. The van der Waals surface area contributed by atoms with Crippen molar-refractivity contribution in [3.63, 3.8) is 0 Å². The van der Waals surface area contributed by atoms with E-state index in [2.05, 4.69) is 9.97 Å². The van der Waals surface area contributed by atoms with Crippen molar-refractivity contribution < 1.29 is 4.39 Å². The molecule has 0 saturated heterocycles. The van der Waals surface area contributed by atoms with Crippen molar-refractivity contribution in [2.75, 3.05) is 6.26 Å². The van der Waals surface area contributed by atoms with E-state index in [9.17, 15) is 9.18 Å². The Kier molecular flexibility index (Phi) is 3.88. The smallest absolute Gasteiger partial charge is 0.270 e. The molecule has 1 N–H and O–H groups in total. The standard InChI is InChI=1S/C12H7ClFN3OS/c1-19-12-16-10(8(5-15)11(18)17-12)7-4-6(13)2-3-9(7)14/h2-4H,1H3,(H,16,17,18). The van der Waals surface area contributed by atoms with Gasteiger partial charge in [0.2, 0.25) is 0 Å². The SMILES string of the molecule is CSc1nc(-c2cc(Cl)ccc2F)c(C#N)c(=O)[nH]1. The average Bonchev–Trinajstić information content (AvgIpc) is 2.40. The molecule has 1 heterocycles. The lowest BCUT2D eigenvalue weighted by Gasteiger charge is -2.06. The molecule has 0 spiro atoms. The van der Waals surface area contributed by atoms with Crippen molar-refractivity contribution in [1.29, 1.82) is 5.26 Å². The van der Waals surface area contributed by atoms with Gasteiger partial charge in [0.15, 0.2) is 5.16 Å². The average molecular weight is 296 g/mol. The zero-order valence-corrected chi connectivity index (χ0v) is 11.3. The van der Waals surface area contributed by atoms with Crippen molar-refractivity contribution >= 4 is 23.4 Å². The molecule has 4 nitrogen and oxygen atoms in total. The fourth-order valence-electron chi connectivity index (χ4n) is 1.53. The lowest BCUT2D eigenvalue weighted by Crippen LogP contribution is -2.15. The van der Waals surface area contributed by atoms with E-state index in [1.807, 2.05) is 0 Å². The van der Waals surface area contributed by atoms with Crippen LogP contribution in [-0.4, -0.2) is 16.2 Å². The van der Waals surface area contributed by atoms with Crippen molar-refractivity contribution in [2.24, 2.45) is 0 Å². The number of hydrogen-bond acceptors (Lipinski definition) is 4. The van der Waals surface area contributed by atoms with Crippen molar-refractivity contribution in [2.45, 2.75) is 5.16 Å². The minimum atomic E-state index is -0.601. The molecule has 0 radical (unpaired) electrons. The minimum Gasteiger partial charge on any atom is -0.300 e. The Bertz CT molecular complexity index is 739. The summed E-state index contributed by atoms with van der Waals surface area (Å²) in [6.45, 7) is 0. The third-order valence-corrected chi connectivity index (χ3v) is 3.20. The Balaban J connectivity index is 2.81. The number of benzene rings is 1. The highest BCUT2D eigenvalue weighted by Gasteiger charge is 2.16. The quantitative estimate of drug-likeness (QED) is 0.683. The van der Waals surface area contributed by atoms with Crippen molar-refractivity contribution in [3.8, 4) is 17.3 Å². The normalized spacial score (nSPS) is 10.2. The number of halogens is 2. The summed E-state index contributed by atoms with van der Waals surface area (Å²) >= 11 is 7.00. The molecule has 0 bridgehead atoms. The molecule has 0 amide bonds. The van der Waals surface area contributed by atoms with Crippen LogP contribution >= 0.6 is 23.4 Å².